The van der Waals surface area contributed by atoms with Gasteiger partial charge >= 0.3 is 0 Å². The predicted octanol–water partition coefficient (Wildman–Crippen LogP) is -0.0852. The molecule has 1 aliphatic heterocycles. The van der Waals surface area contributed by atoms with Crippen LogP contribution < -0.4 is 5.73 Å². The van der Waals surface area contributed by atoms with Gasteiger partial charge < -0.3 is 15.4 Å². The average molecular weight is 252 g/mol. The van der Waals surface area contributed by atoms with Crippen LogP contribution in [-0.2, 0) is 16.6 Å². The van der Waals surface area contributed by atoms with Crippen molar-refractivity contribution >= 4 is 5.91 Å². The van der Waals surface area contributed by atoms with E-state index in [2.05, 4.69) is 5.10 Å². The molecule has 0 unspecified atom stereocenters. The number of aryl methyl sites for hydroxylation is 1. The number of likely N-dealkylation sites (tertiary alicyclic amines) is 1. The van der Waals surface area contributed by atoms with E-state index in [1.165, 1.54) is 0 Å². The summed E-state index contributed by atoms with van der Waals surface area (Å²) in [5.74, 6) is 0.315. The lowest BCUT2D eigenvalue weighted by Gasteiger charge is -2.26. The highest BCUT2D eigenvalue weighted by atomic mass is 16.5. The van der Waals surface area contributed by atoms with Gasteiger partial charge in [0, 0.05) is 44.8 Å². The van der Waals surface area contributed by atoms with Crippen molar-refractivity contribution in [3.63, 3.8) is 0 Å². The Morgan fingerprint density at radius 3 is 2.94 bits per heavy atom. The Bertz CT molecular complexity index is 418. The zero-order valence-corrected chi connectivity index (χ0v) is 10.9. The Kier molecular flexibility index (Phi) is 3.98. The number of hydrogen-bond acceptors (Lipinski definition) is 4. The van der Waals surface area contributed by atoms with Crippen LogP contribution in [0.1, 0.15) is 18.0 Å². The fraction of sp³-hybridized carbons (Fsp3) is 0.667. The van der Waals surface area contributed by atoms with Gasteiger partial charge in [0.25, 0.3) is 0 Å². The summed E-state index contributed by atoms with van der Waals surface area (Å²) in [5, 5.41) is 4.18. The second-order valence-corrected chi connectivity index (χ2v) is 4.67. The maximum atomic E-state index is 12.0. The molecule has 0 aliphatic carbocycles. The molecule has 1 fully saturated rings. The Labute approximate surface area is 107 Å². The molecule has 0 aromatic carbocycles. The van der Waals surface area contributed by atoms with E-state index >= 15 is 0 Å². The van der Waals surface area contributed by atoms with Gasteiger partial charge in [-0.05, 0) is 6.54 Å². The molecule has 6 nitrogen and oxygen atoms in total. The zero-order chi connectivity index (χ0) is 13.1. The van der Waals surface area contributed by atoms with Gasteiger partial charge in [0.1, 0.15) is 0 Å². The van der Waals surface area contributed by atoms with Gasteiger partial charge in [-0.15, -0.1) is 0 Å². The number of amides is 1. The summed E-state index contributed by atoms with van der Waals surface area (Å²) >= 11 is 0. The number of nitrogens with two attached hydrogens (primary N) is 1. The van der Waals surface area contributed by atoms with Gasteiger partial charge in [0.15, 0.2) is 0 Å². The molecule has 0 bridgehead atoms. The highest BCUT2D eigenvalue weighted by Gasteiger charge is 2.40. The second kappa shape index (κ2) is 5.49. The van der Waals surface area contributed by atoms with Crippen LogP contribution in [0.4, 0.5) is 0 Å². The Morgan fingerprint density at radius 2 is 2.39 bits per heavy atom. The van der Waals surface area contributed by atoms with Crippen LogP contribution in [0.3, 0.4) is 0 Å². The summed E-state index contributed by atoms with van der Waals surface area (Å²) in [4.78, 5) is 13.9. The van der Waals surface area contributed by atoms with Crippen LogP contribution in [0.25, 0.3) is 0 Å². The molecule has 0 radical (unpaired) electrons. The van der Waals surface area contributed by atoms with Crippen molar-refractivity contribution < 1.29 is 9.53 Å². The van der Waals surface area contributed by atoms with Crippen LogP contribution >= 0.6 is 0 Å². The first-order chi connectivity index (χ1) is 8.67. The molecule has 100 valence electrons. The molecule has 2 heterocycles. The highest BCUT2D eigenvalue weighted by Crippen LogP contribution is 2.36. The lowest BCUT2D eigenvalue weighted by Crippen LogP contribution is -2.33. The number of hydrogen-bond donors (Lipinski definition) is 1. The van der Waals surface area contributed by atoms with Gasteiger partial charge in [-0.25, -0.2) is 0 Å². The Hall–Kier alpha value is -1.40. The molecule has 6 heteroatoms. The largest absolute Gasteiger partial charge is 0.383 e. The van der Waals surface area contributed by atoms with E-state index in [1.54, 1.807) is 11.8 Å². The van der Waals surface area contributed by atoms with Crippen molar-refractivity contribution in [2.24, 2.45) is 18.7 Å². The molecule has 1 amide bonds. The zero-order valence-electron chi connectivity index (χ0n) is 10.9. The smallest absolute Gasteiger partial charge is 0.223 e. The maximum absolute atomic E-state index is 12.0. The molecule has 2 atom stereocenters. The van der Waals surface area contributed by atoms with Crippen LogP contribution in [0, 0.1) is 5.92 Å². The minimum atomic E-state index is 0.0337. The topological polar surface area (TPSA) is 73.4 Å². The van der Waals surface area contributed by atoms with Gasteiger partial charge in [0.05, 0.1) is 18.8 Å². The van der Waals surface area contributed by atoms with E-state index in [-0.39, 0.29) is 17.9 Å². The molecule has 0 saturated carbocycles. The van der Waals surface area contributed by atoms with Crippen LogP contribution in [-0.4, -0.2) is 47.4 Å². The monoisotopic (exact) mass is 252 g/mol. The van der Waals surface area contributed by atoms with E-state index in [9.17, 15) is 4.79 Å². The van der Waals surface area contributed by atoms with Gasteiger partial charge in [-0.2, -0.15) is 5.10 Å². The fourth-order valence-electron chi connectivity index (χ4n) is 2.57. The van der Waals surface area contributed by atoms with Gasteiger partial charge in [-0.1, -0.05) is 0 Å². The summed E-state index contributed by atoms with van der Waals surface area (Å²) in [6.45, 7) is 1.65. The maximum Gasteiger partial charge on any atom is 0.223 e. The van der Waals surface area contributed by atoms with E-state index in [1.807, 2.05) is 24.3 Å². The summed E-state index contributed by atoms with van der Waals surface area (Å²) < 4.78 is 6.81. The molecule has 2 N–H and O–H groups in total. The van der Waals surface area contributed by atoms with Crippen molar-refractivity contribution in [1.29, 1.82) is 0 Å². The third-order valence-corrected chi connectivity index (χ3v) is 3.44. The first kappa shape index (κ1) is 13.0. The van der Waals surface area contributed by atoms with Crippen molar-refractivity contribution in [2.45, 2.75) is 12.5 Å². The van der Waals surface area contributed by atoms with Crippen molar-refractivity contribution in [2.75, 3.05) is 26.8 Å². The minimum Gasteiger partial charge on any atom is -0.383 e. The molecule has 2 rings (SSSR count). The average Bonchev–Trinajstić information content (AvgIpc) is 2.90. The van der Waals surface area contributed by atoms with Gasteiger partial charge in [0.2, 0.25) is 5.91 Å². The SMILES string of the molecule is COCCN1C(=O)C[C@@H](CN)[C@H]1c1cnn(C)c1. The Balaban J connectivity index is 2.22. The van der Waals surface area contributed by atoms with E-state index in [0.29, 0.717) is 26.1 Å². The second-order valence-electron chi connectivity index (χ2n) is 4.67. The number of methoxy groups -OCH3 is 1. The first-order valence-electron chi connectivity index (χ1n) is 6.14. The number of carbonyl (C=O) groups is 1. The van der Waals surface area contributed by atoms with E-state index in [0.717, 1.165) is 5.56 Å². The normalized spacial score (nSPS) is 23.9. The van der Waals surface area contributed by atoms with Crippen molar-refractivity contribution in [1.82, 2.24) is 14.7 Å². The lowest BCUT2D eigenvalue weighted by atomic mass is 9.96. The quantitative estimate of drug-likeness (QED) is 0.795. The van der Waals surface area contributed by atoms with Crippen LogP contribution in [0.2, 0.25) is 0 Å². The molecule has 1 aromatic rings. The third kappa shape index (κ3) is 2.39. The third-order valence-electron chi connectivity index (χ3n) is 3.44. The molecule has 18 heavy (non-hydrogen) atoms. The first-order valence-corrected chi connectivity index (χ1v) is 6.14. The summed E-state index contributed by atoms with van der Waals surface area (Å²) in [7, 11) is 3.51. The lowest BCUT2D eigenvalue weighted by molar-refractivity contribution is -0.129. The molecule has 1 aliphatic rings. The van der Waals surface area contributed by atoms with Crippen LogP contribution in [0.5, 0.6) is 0 Å². The molecule has 1 saturated heterocycles. The van der Waals surface area contributed by atoms with Crippen molar-refractivity contribution in [3.8, 4) is 0 Å². The highest BCUT2D eigenvalue weighted by molar-refractivity contribution is 5.79. The number of ether oxygens (including phenoxy) is 1. The molecular formula is C12H20N4O2. The van der Waals surface area contributed by atoms with E-state index in [4.69, 9.17) is 10.5 Å². The molecular weight excluding hydrogens is 232 g/mol. The fourth-order valence-corrected chi connectivity index (χ4v) is 2.57. The number of carbonyl (C=O) groups excluding carboxylic acids is 1. The predicted molar refractivity (Wildman–Crippen MR) is 66.7 cm³/mol. The minimum absolute atomic E-state index is 0.0337. The molecule has 0 spiro atoms. The van der Waals surface area contributed by atoms with Crippen molar-refractivity contribution in [3.05, 3.63) is 18.0 Å². The summed E-state index contributed by atoms with van der Waals surface area (Å²) in [6.07, 6.45) is 4.28. The standard InChI is InChI=1S/C12H20N4O2/c1-15-8-10(7-14-15)12-9(6-13)5-11(17)16(12)3-4-18-2/h7-9,12H,3-6,13H2,1-2H3/t9-,12-/m0/s1. The van der Waals surface area contributed by atoms with E-state index < -0.39 is 0 Å². The number of rotatable bonds is 5. The Morgan fingerprint density at radius 1 is 1.61 bits per heavy atom. The number of nitrogens with zero attached hydrogens (tertiary/aromatic N) is 3. The van der Waals surface area contributed by atoms with Crippen LogP contribution in [0.15, 0.2) is 12.4 Å². The molecule has 1 aromatic heterocycles. The summed E-state index contributed by atoms with van der Waals surface area (Å²) in [6, 6.07) is 0.0337. The summed E-state index contributed by atoms with van der Waals surface area (Å²) in [5.41, 5.74) is 6.83. The van der Waals surface area contributed by atoms with Gasteiger partial charge in [-0.3, -0.25) is 9.48 Å². The number of aromatic nitrogens is 2.